The van der Waals surface area contributed by atoms with E-state index in [-0.39, 0.29) is 28.1 Å². The molecule has 0 unspecified atom stereocenters. The van der Waals surface area contributed by atoms with Crippen molar-refractivity contribution in [3.8, 4) is 28.5 Å². The van der Waals surface area contributed by atoms with Gasteiger partial charge in [-0.15, -0.1) is 18.1 Å². The van der Waals surface area contributed by atoms with Gasteiger partial charge in [0.1, 0.15) is 28.5 Å². The van der Waals surface area contributed by atoms with Crippen LogP contribution in [0.15, 0.2) is 36.7 Å². The fourth-order valence-electron chi connectivity index (χ4n) is 5.41. The molecule has 3 aromatic rings. The van der Waals surface area contributed by atoms with Gasteiger partial charge >= 0.3 is 6.61 Å². The molecule has 1 saturated heterocycles. The highest BCUT2D eigenvalue weighted by molar-refractivity contribution is 6.74. The first-order valence-corrected chi connectivity index (χ1v) is 18.7. The number of amides is 1. The molecule has 1 aromatic carbocycles. The van der Waals surface area contributed by atoms with Crippen LogP contribution in [0.2, 0.25) is 18.1 Å². The molecule has 2 fully saturated rings. The summed E-state index contributed by atoms with van der Waals surface area (Å²) in [5.41, 5.74) is 1.74. The normalized spacial score (nSPS) is 17.9. The number of imidazole rings is 1. The number of likely N-dealkylation sites (tertiary alicyclic amines) is 1. The van der Waals surface area contributed by atoms with Crippen LogP contribution in [0.5, 0.6) is 17.2 Å². The second kappa shape index (κ2) is 13.6. The zero-order valence-electron chi connectivity index (χ0n) is 27.2. The lowest BCUT2D eigenvalue weighted by atomic mass is 9.99. The molecule has 1 amide bonds. The van der Waals surface area contributed by atoms with Crippen LogP contribution in [-0.4, -0.2) is 81.1 Å². The van der Waals surface area contributed by atoms with E-state index < -0.39 is 20.8 Å². The zero-order valence-corrected chi connectivity index (χ0v) is 28.2. The van der Waals surface area contributed by atoms with Crippen molar-refractivity contribution in [2.75, 3.05) is 40.0 Å². The number of alkyl halides is 2. The van der Waals surface area contributed by atoms with Gasteiger partial charge in [0.2, 0.25) is 0 Å². The van der Waals surface area contributed by atoms with Crippen LogP contribution >= 0.6 is 0 Å². The molecule has 12 heteroatoms. The monoisotopic (exact) mass is 644 g/mol. The Morgan fingerprint density at radius 3 is 2.60 bits per heavy atom. The second-order valence-corrected chi connectivity index (χ2v) is 18.4. The van der Waals surface area contributed by atoms with Gasteiger partial charge in [-0.05, 0) is 58.7 Å². The quantitative estimate of drug-likeness (QED) is 0.210. The Balaban J connectivity index is 1.25. The molecule has 1 atom stereocenters. The van der Waals surface area contributed by atoms with E-state index in [1.54, 1.807) is 12.3 Å². The summed E-state index contributed by atoms with van der Waals surface area (Å²) in [5, 5.41) is 3.03. The van der Waals surface area contributed by atoms with E-state index in [0.29, 0.717) is 35.2 Å². The maximum Gasteiger partial charge on any atom is 0.387 e. The molecule has 0 bridgehead atoms. The first kappa shape index (κ1) is 33.1. The molecule has 1 N–H and O–H groups in total. The number of halogens is 2. The predicted octanol–water partition coefficient (Wildman–Crippen LogP) is 6.62. The molecule has 1 aliphatic carbocycles. The summed E-state index contributed by atoms with van der Waals surface area (Å²) < 4.78 is 51.5. The Hall–Kier alpha value is -3.22. The Labute approximate surface area is 265 Å². The van der Waals surface area contributed by atoms with Gasteiger partial charge in [-0.1, -0.05) is 20.8 Å². The number of aromatic nitrogens is 2. The third kappa shape index (κ3) is 8.14. The van der Waals surface area contributed by atoms with Crippen LogP contribution in [0.25, 0.3) is 16.9 Å². The lowest BCUT2D eigenvalue weighted by molar-refractivity contribution is -0.0502. The molecule has 0 radical (unpaired) electrons. The van der Waals surface area contributed by atoms with Gasteiger partial charge in [-0.3, -0.25) is 9.20 Å². The van der Waals surface area contributed by atoms with Crippen LogP contribution in [0.3, 0.4) is 0 Å². The van der Waals surface area contributed by atoms with Crippen LogP contribution in [0, 0.1) is 5.92 Å². The molecular formula is C33H46F2N4O5Si-. The Bertz CT molecular complexity index is 1490. The topological polar surface area (TPSA) is 86.6 Å². The molecule has 9 nitrogen and oxygen atoms in total. The van der Waals surface area contributed by atoms with Crippen molar-refractivity contribution in [1.29, 1.82) is 0 Å². The fraction of sp³-hybridized carbons (Fsp3) is 0.576. The molecule has 2 aromatic heterocycles. The minimum absolute atomic E-state index is 0.0421. The predicted molar refractivity (Wildman–Crippen MR) is 172 cm³/mol. The number of hydrogen-bond donors (Lipinski definition) is 1. The lowest BCUT2D eigenvalue weighted by Crippen LogP contribution is -2.44. The number of carbonyl (C=O) groups excluding carboxylic acids is 1. The van der Waals surface area contributed by atoms with Crippen molar-refractivity contribution in [1.82, 2.24) is 19.6 Å². The third-order valence-electron chi connectivity index (χ3n) is 9.19. The molecule has 1 aliphatic heterocycles. The van der Waals surface area contributed by atoms with Crippen LogP contribution < -0.4 is 19.5 Å². The summed E-state index contributed by atoms with van der Waals surface area (Å²) in [7, 11) is -0.356. The fourth-order valence-corrected chi connectivity index (χ4v) is 6.45. The smallest absolute Gasteiger partial charge is 0.387 e. The Kier molecular flexibility index (Phi) is 10.0. The van der Waals surface area contributed by atoms with E-state index in [1.165, 1.54) is 13.2 Å². The lowest BCUT2D eigenvalue weighted by Gasteiger charge is -2.49. The number of rotatable bonds is 13. The largest absolute Gasteiger partial charge is 0.564 e. The summed E-state index contributed by atoms with van der Waals surface area (Å²) in [5.74, 6) is 0.528. The molecule has 5 rings (SSSR count). The number of piperidine rings is 1. The zero-order chi connectivity index (χ0) is 32.4. The number of pyridine rings is 1. The van der Waals surface area contributed by atoms with Gasteiger partial charge < -0.3 is 28.9 Å². The van der Waals surface area contributed by atoms with Gasteiger partial charge in [0.25, 0.3) is 5.91 Å². The number of nitrogens with one attached hydrogen (secondary N) is 1. The van der Waals surface area contributed by atoms with E-state index in [1.807, 2.05) is 22.7 Å². The van der Waals surface area contributed by atoms with Crippen LogP contribution in [0.4, 0.5) is 8.78 Å². The van der Waals surface area contributed by atoms with E-state index in [0.717, 1.165) is 51.9 Å². The highest BCUT2D eigenvalue weighted by Gasteiger charge is 2.29. The molecule has 247 valence electrons. The minimum atomic E-state index is -3.11. The molecule has 3 heterocycles. The SMILES string of the molecule is COc1cc(-c2cnc3cc(OC[C@H]4CCCN(CCO[Si-](C)(C)C(C)(C)C)C4)ccn23)cc(OC(F)F)c1C(=O)NC1CC1. The van der Waals surface area contributed by atoms with Crippen molar-refractivity contribution >= 4 is 19.9 Å². The van der Waals surface area contributed by atoms with Gasteiger partial charge in [0.05, 0.1) is 25.6 Å². The maximum absolute atomic E-state index is 13.4. The standard InChI is InChI=1S/C33H46F2N4O5Si/c1-33(2,3)45(5,6)43-15-14-38-12-7-8-22(20-38)21-42-25-11-13-39-26(19-36-29(39)18-25)23-16-27(41-4)30(28(17-23)44-32(34)35)31(40)37-24-9-10-24/h11,13,16-19,22,24,32H,7-10,12,14-15,20-21H2,1-6H3,(H,37,40)/q-1/t22-/m0/s1. The van der Waals surface area contributed by atoms with Gasteiger partial charge in [0.15, 0.2) is 0 Å². The summed E-state index contributed by atoms with van der Waals surface area (Å²) >= 11 is 0. The first-order chi connectivity index (χ1) is 21.3. The number of ether oxygens (including phenoxy) is 3. The van der Waals surface area contributed by atoms with Crippen molar-refractivity contribution < 1.29 is 32.2 Å². The van der Waals surface area contributed by atoms with Crippen molar-refractivity contribution in [3.05, 3.63) is 42.2 Å². The summed E-state index contributed by atoms with van der Waals surface area (Å²) in [6.07, 6.45) is 7.46. The number of hydrogen-bond acceptors (Lipinski definition) is 7. The van der Waals surface area contributed by atoms with E-state index in [2.05, 4.69) is 49.1 Å². The first-order valence-electron chi connectivity index (χ1n) is 15.8. The van der Waals surface area contributed by atoms with Crippen LogP contribution in [0.1, 0.15) is 56.8 Å². The molecule has 0 spiro atoms. The summed E-state index contributed by atoms with van der Waals surface area (Å²) in [4.78, 5) is 19.9. The number of methoxy groups -OCH3 is 1. The third-order valence-corrected chi connectivity index (χ3v) is 13.7. The van der Waals surface area contributed by atoms with Crippen molar-refractivity contribution in [2.24, 2.45) is 5.92 Å². The maximum atomic E-state index is 13.4. The van der Waals surface area contributed by atoms with E-state index in [9.17, 15) is 13.6 Å². The summed E-state index contributed by atoms with van der Waals surface area (Å²) in [6.45, 7) is 12.7. The van der Waals surface area contributed by atoms with Crippen molar-refractivity contribution in [2.45, 2.75) is 77.2 Å². The number of carbonyl (C=O) groups is 1. The molecule has 45 heavy (non-hydrogen) atoms. The summed E-state index contributed by atoms with van der Waals surface area (Å²) in [6, 6.07) is 6.84. The van der Waals surface area contributed by atoms with Gasteiger partial charge in [-0.25, -0.2) is 4.98 Å². The number of nitrogens with zero attached hydrogens (tertiary/aromatic N) is 3. The highest BCUT2D eigenvalue weighted by atomic mass is 28.4. The molecular weight excluding hydrogens is 598 g/mol. The number of fused-ring (bicyclic) bond motifs is 1. The second-order valence-electron chi connectivity index (χ2n) is 13.6. The van der Waals surface area contributed by atoms with Crippen molar-refractivity contribution in [3.63, 3.8) is 0 Å². The Morgan fingerprint density at radius 2 is 1.91 bits per heavy atom. The van der Waals surface area contributed by atoms with Crippen LogP contribution in [-0.2, 0) is 4.43 Å². The Morgan fingerprint density at radius 1 is 1.16 bits per heavy atom. The highest BCUT2D eigenvalue weighted by Crippen LogP contribution is 2.38. The van der Waals surface area contributed by atoms with Gasteiger partial charge in [0, 0.05) is 49.5 Å². The molecule has 1 saturated carbocycles. The molecule has 2 aliphatic rings. The minimum Gasteiger partial charge on any atom is -0.564 e. The van der Waals surface area contributed by atoms with E-state index in [4.69, 9.17) is 18.6 Å². The van der Waals surface area contributed by atoms with E-state index >= 15 is 0 Å². The number of benzene rings is 1. The average molecular weight is 645 g/mol. The average Bonchev–Trinajstić information content (AvgIpc) is 3.69. The van der Waals surface area contributed by atoms with Gasteiger partial charge in [-0.2, -0.15) is 8.78 Å².